The number of alkyl halides is 1. The van der Waals surface area contributed by atoms with Crippen LogP contribution in [0.1, 0.15) is 107 Å². The molecule has 0 heterocycles. The molecule has 0 spiro atoms. The summed E-state index contributed by atoms with van der Waals surface area (Å²) < 4.78 is 35.7. The molecule has 36 heavy (non-hydrogen) atoms. The first-order valence-corrected chi connectivity index (χ1v) is 19.8. The maximum absolute atomic E-state index is 10.2. The lowest BCUT2D eigenvalue weighted by molar-refractivity contribution is -0.0000259. The molecule has 6 nitrogen and oxygen atoms in total. The summed E-state index contributed by atoms with van der Waals surface area (Å²) in [4.78, 5) is 0. The van der Waals surface area contributed by atoms with Gasteiger partial charge in [0.15, 0.2) is 12.2 Å². The minimum absolute atomic E-state index is 0. The molecule has 0 aromatic heterocycles. The van der Waals surface area contributed by atoms with Crippen molar-refractivity contribution in [3.05, 3.63) is 0 Å². The van der Waals surface area contributed by atoms with Gasteiger partial charge in [-0.2, -0.15) is 4.21 Å². The van der Waals surface area contributed by atoms with Gasteiger partial charge in [-0.3, -0.25) is 4.18 Å². The van der Waals surface area contributed by atoms with Gasteiger partial charge in [0.1, 0.15) is 0 Å². The summed E-state index contributed by atoms with van der Waals surface area (Å²) in [7, 11) is 18.9. The van der Waals surface area contributed by atoms with Gasteiger partial charge >= 0.3 is 10.3 Å². The Bertz CT molecular complexity index is 450. The largest absolute Gasteiger partial charge is 1.00 e. The molecule has 0 rings (SSSR count). The zero-order valence-electron chi connectivity index (χ0n) is 22.4. The predicted octanol–water partition coefficient (Wildman–Crippen LogP) is 6.35. The number of rotatable bonds is 12. The van der Waals surface area contributed by atoms with Gasteiger partial charge in [0.25, 0.3) is 0 Å². The van der Waals surface area contributed by atoms with Gasteiger partial charge in [-0.1, -0.05) is 40.5 Å². The Balaban J connectivity index is -0.0000000802. The molecule has 230 valence electrons. The molecule has 1 unspecified atom stereocenters. The third kappa shape index (κ3) is 83.3. The number of aliphatic hydroxyl groups is 3. The Labute approximate surface area is 260 Å². The van der Waals surface area contributed by atoms with E-state index in [1.54, 1.807) is 0 Å². The summed E-state index contributed by atoms with van der Waals surface area (Å²) in [5.74, 6) is 0. The van der Waals surface area contributed by atoms with Gasteiger partial charge in [0, 0.05) is 53.4 Å². The Kier molecular flexibility index (Phi) is 53.4. The molecule has 0 radical (unpaired) electrons. The van der Waals surface area contributed by atoms with E-state index in [4.69, 9.17) is 57.5 Å². The fourth-order valence-electron chi connectivity index (χ4n) is 2.11. The van der Waals surface area contributed by atoms with Gasteiger partial charge in [-0.25, -0.2) is 8.76 Å². The molecule has 0 saturated heterocycles. The molecule has 0 aliphatic carbocycles. The van der Waals surface area contributed by atoms with Crippen LogP contribution in [0.2, 0.25) is 0 Å². The van der Waals surface area contributed by atoms with E-state index in [9.17, 15) is 4.21 Å². The molecule has 0 aromatic rings. The average Bonchev–Trinajstić information content (AvgIpc) is 2.60. The molecular weight excluding hydrogens is 681 g/mol. The normalized spacial score (nSPS) is 14.8. The molecule has 16 heteroatoms. The van der Waals surface area contributed by atoms with Crippen molar-refractivity contribution in [2.24, 2.45) is 0 Å². The van der Waals surface area contributed by atoms with Crippen molar-refractivity contribution in [1.82, 2.24) is 0 Å². The third-order valence-electron chi connectivity index (χ3n) is 3.38. The van der Waals surface area contributed by atoms with Crippen LogP contribution in [0.25, 0.3) is 0 Å². The molecule has 0 aliphatic heterocycles. The second kappa shape index (κ2) is 37.5. The first-order chi connectivity index (χ1) is 15.9. The lowest BCUT2D eigenvalue weighted by Gasteiger charge is -2.19. The van der Waals surface area contributed by atoms with Crippen LogP contribution >= 0.6 is 74.0 Å². The lowest BCUT2D eigenvalue weighted by atomic mass is 10.2. The number of aliphatic hydroxyl groups excluding tert-OH is 1. The van der Waals surface area contributed by atoms with Crippen molar-refractivity contribution in [2.75, 3.05) is 0 Å². The zero-order valence-corrected chi connectivity index (χ0v) is 30.2. The molecule has 0 fully saturated rings. The summed E-state index contributed by atoms with van der Waals surface area (Å²) >= 11 is 5.58. The van der Waals surface area contributed by atoms with Crippen LogP contribution in [-0.2, 0) is 19.5 Å². The lowest BCUT2D eigenvalue weighted by Crippen LogP contribution is -3.00. The van der Waals surface area contributed by atoms with E-state index in [0.717, 1.165) is 44.9 Å². The third-order valence-corrected chi connectivity index (χ3v) is 5.45. The molecule has 0 saturated carbocycles. The fraction of sp³-hybridized carbons (Fsp3) is 1.00. The molecule has 0 aromatic carbocycles. The van der Waals surface area contributed by atoms with Crippen LogP contribution in [0.15, 0.2) is 0 Å². The van der Waals surface area contributed by atoms with E-state index in [2.05, 4.69) is 50.5 Å². The first kappa shape index (κ1) is 51.3. The Morgan fingerprint density at radius 3 is 1.28 bits per heavy atom. The average molecular weight is 729 g/mol. The van der Waals surface area contributed by atoms with Crippen molar-refractivity contribution < 1.29 is 38.9 Å². The second-order valence-corrected chi connectivity index (χ2v) is 16.3. The highest BCUT2D eigenvalue weighted by Gasteiger charge is 2.18. The van der Waals surface area contributed by atoms with E-state index >= 15 is 0 Å². The fourth-order valence-corrected chi connectivity index (χ4v) is 4.48. The van der Waals surface area contributed by atoms with Crippen LogP contribution in [0.3, 0.4) is 0 Å². The zero-order chi connectivity index (χ0) is 29.0. The second-order valence-electron chi connectivity index (χ2n) is 7.50. The van der Waals surface area contributed by atoms with E-state index in [-0.39, 0.29) is 30.7 Å². The van der Waals surface area contributed by atoms with Crippen LogP contribution in [-0.4, -0.2) is 50.1 Å². The van der Waals surface area contributed by atoms with Crippen molar-refractivity contribution >= 4 is 93.6 Å². The quantitative estimate of drug-likeness (QED) is 0.106. The highest BCUT2D eigenvalue weighted by molar-refractivity contribution is 8.58. The number of hydrogen-bond donors (Lipinski definition) is 2. The van der Waals surface area contributed by atoms with Gasteiger partial charge in [-0.05, 0) is 39.5 Å². The first-order valence-electron chi connectivity index (χ1n) is 11.4. The van der Waals surface area contributed by atoms with Crippen molar-refractivity contribution in [3.8, 4) is 0 Å². The molecule has 5 atom stereocenters. The summed E-state index contributed by atoms with van der Waals surface area (Å²) in [5, 5.41) is 8.92. The summed E-state index contributed by atoms with van der Waals surface area (Å²) in [6.07, 6.45) is 8.38. The summed E-state index contributed by atoms with van der Waals surface area (Å²) in [5.41, 5.74) is 0. The van der Waals surface area contributed by atoms with Gasteiger partial charge < -0.3 is 21.7 Å². The summed E-state index contributed by atoms with van der Waals surface area (Å²) in [6.45, 7) is 15.9. The molecule has 0 bridgehead atoms. The van der Waals surface area contributed by atoms with E-state index in [1.807, 2.05) is 34.6 Å². The highest BCUT2D eigenvalue weighted by atomic mass is 36.0. The standard InChI is InChI=1S/C5H12Cl2O2S.C5H11ClO2S.C5H11Cl.C5H12O.Cl2OS.ClH/c1-3-4-5(2)9-10(6,7)8;1-3-4-5(2)8-9(6)7;2*1-3-4-5(2)6;1-4(2)3;/h5,8H,3-4H2,1-2H3;5H,3-4H2,1-2H3;5H,3-4H2,1-2H3;5-6H,3-4H2,1-2H3;;1H/p+1/t5-;5-,9?;2*5-;;/m0000../s1. The maximum atomic E-state index is 10.2. The van der Waals surface area contributed by atoms with E-state index in [0.29, 0.717) is 5.38 Å². The SMILES string of the molecule is CCC[C@H](C)Cl.CCC[C@H](C)O.CCC[C@H](C)[OH+]S(=O)Cl.CCC[C@H](C)[OH+]S(O)(Cl)Cl.O=S(Cl)Cl.[Cl-]. The monoisotopic (exact) mass is 725 g/mol. The molecule has 4 N–H and O–H groups in total. The number of hydrogen-bond acceptors (Lipinski definition) is 4. The maximum Gasteiger partial charge on any atom is 0.408 e. The molecule has 0 amide bonds. The Morgan fingerprint density at radius 1 is 0.778 bits per heavy atom. The Morgan fingerprint density at radius 2 is 1.11 bits per heavy atom. The van der Waals surface area contributed by atoms with Gasteiger partial charge in [0.2, 0.25) is 9.23 Å². The predicted molar refractivity (Wildman–Crippen MR) is 166 cm³/mol. The van der Waals surface area contributed by atoms with Crippen LogP contribution in [0.4, 0.5) is 0 Å². The minimum Gasteiger partial charge on any atom is -1.00 e. The van der Waals surface area contributed by atoms with Gasteiger partial charge in [-0.15, -0.1) is 11.6 Å². The highest BCUT2D eigenvalue weighted by Crippen LogP contribution is 2.53. The Hall–Kier alpha value is 2.52. The van der Waals surface area contributed by atoms with E-state index < -0.39 is 28.5 Å². The van der Waals surface area contributed by atoms with E-state index in [1.165, 1.54) is 6.42 Å². The van der Waals surface area contributed by atoms with Gasteiger partial charge in [0.05, 0.1) is 47.2 Å². The van der Waals surface area contributed by atoms with Crippen molar-refractivity contribution in [3.63, 3.8) is 0 Å². The topological polar surface area (TPSA) is 100 Å². The molecular formula is C20H48Cl7O6S3+. The smallest absolute Gasteiger partial charge is 0.408 e. The number of halogens is 7. The van der Waals surface area contributed by atoms with Crippen LogP contribution < -0.4 is 12.4 Å². The van der Waals surface area contributed by atoms with Crippen LogP contribution in [0, 0.1) is 0 Å². The van der Waals surface area contributed by atoms with Crippen LogP contribution in [0.5, 0.6) is 0 Å². The minimum atomic E-state index is -2.68. The summed E-state index contributed by atoms with van der Waals surface area (Å²) in [6, 6.07) is 0. The van der Waals surface area contributed by atoms with Crippen molar-refractivity contribution in [1.29, 1.82) is 0 Å². The molecule has 0 aliphatic rings. The van der Waals surface area contributed by atoms with Crippen molar-refractivity contribution in [2.45, 2.75) is 130 Å².